The van der Waals surface area contributed by atoms with Crippen LogP contribution in [0.15, 0.2) is 35.8 Å². The zero-order valence-corrected chi connectivity index (χ0v) is 9.96. The van der Waals surface area contributed by atoms with Gasteiger partial charge in [-0.25, -0.2) is 0 Å². The van der Waals surface area contributed by atoms with Crippen LogP contribution in [0.4, 0.5) is 0 Å². The van der Waals surface area contributed by atoms with Gasteiger partial charge in [0.15, 0.2) is 5.76 Å². The van der Waals surface area contributed by atoms with Gasteiger partial charge in [-0.05, 0) is 6.08 Å². The average Bonchev–Trinajstić information content (AvgIpc) is 3.18. The molecule has 4 nitrogen and oxygen atoms in total. The smallest absolute Gasteiger partial charge is 0.156 e. The first kappa shape index (κ1) is 12.2. The molecule has 1 aliphatic heterocycles. The molecule has 2 rings (SSSR count). The fourth-order valence-corrected chi connectivity index (χ4v) is 1.71. The molecule has 2 aliphatic rings. The lowest BCUT2D eigenvalue weighted by Crippen LogP contribution is -2.10. The first-order chi connectivity index (χ1) is 8.33. The van der Waals surface area contributed by atoms with E-state index in [1.165, 1.54) is 0 Å². The number of methoxy groups -OCH3 is 1. The van der Waals surface area contributed by atoms with E-state index in [0.717, 1.165) is 24.5 Å². The monoisotopic (exact) mass is 238 g/mol. The van der Waals surface area contributed by atoms with Crippen molar-refractivity contribution in [3.63, 3.8) is 0 Å². The van der Waals surface area contributed by atoms with Gasteiger partial charge in [0.05, 0.1) is 20.3 Å². The minimum atomic E-state index is 0.0682. The van der Waals surface area contributed by atoms with Gasteiger partial charge in [0.25, 0.3) is 0 Å². The first-order valence-electron chi connectivity index (χ1n) is 5.80. The Morgan fingerprint density at radius 1 is 1.59 bits per heavy atom. The minimum Gasteiger partial charge on any atom is -0.497 e. The van der Waals surface area contributed by atoms with Gasteiger partial charge >= 0.3 is 0 Å². The SMILES string of the molecule is COC1=C(OCC2CO2)C=CC(/C=C/CO)C1. The number of allylic oxidation sites excluding steroid dienone is 4. The second-order valence-corrected chi connectivity index (χ2v) is 4.10. The van der Waals surface area contributed by atoms with Crippen molar-refractivity contribution in [2.75, 3.05) is 26.9 Å². The highest BCUT2D eigenvalue weighted by Gasteiger charge is 2.25. The predicted molar refractivity (Wildman–Crippen MR) is 63.2 cm³/mol. The van der Waals surface area contributed by atoms with Gasteiger partial charge in [0.1, 0.15) is 18.5 Å². The van der Waals surface area contributed by atoms with Crippen LogP contribution in [-0.2, 0) is 14.2 Å². The molecule has 0 spiro atoms. The van der Waals surface area contributed by atoms with Crippen LogP contribution in [0.2, 0.25) is 0 Å². The highest BCUT2D eigenvalue weighted by Crippen LogP contribution is 2.26. The van der Waals surface area contributed by atoms with Crippen LogP contribution in [0.1, 0.15) is 6.42 Å². The molecule has 2 unspecified atom stereocenters. The van der Waals surface area contributed by atoms with Gasteiger partial charge in [-0.3, -0.25) is 0 Å². The summed E-state index contributed by atoms with van der Waals surface area (Å²) in [5, 5.41) is 8.73. The van der Waals surface area contributed by atoms with E-state index >= 15 is 0 Å². The third-order valence-corrected chi connectivity index (χ3v) is 2.75. The van der Waals surface area contributed by atoms with Crippen molar-refractivity contribution in [2.24, 2.45) is 5.92 Å². The summed E-state index contributed by atoms with van der Waals surface area (Å²) in [7, 11) is 1.65. The van der Waals surface area contributed by atoms with E-state index in [4.69, 9.17) is 19.3 Å². The lowest BCUT2D eigenvalue weighted by Gasteiger charge is -2.19. The van der Waals surface area contributed by atoms with Crippen molar-refractivity contribution in [3.05, 3.63) is 35.8 Å². The molecule has 1 N–H and O–H groups in total. The maximum Gasteiger partial charge on any atom is 0.156 e. The van der Waals surface area contributed by atoms with Crippen LogP contribution in [0.5, 0.6) is 0 Å². The van der Waals surface area contributed by atoms with Crippen LogP contribution in [-0.4, -0.2) is 38.1 Å². The molecule has 1 aliphatic carbocycles. The highest BCUT2D eigenvalue weighted by atomic mass is 16.6. The van der Waals surface area contributed by atoms with Gasteiger partial charge in [-0.15, -0.1) is 0 Å². The summed E-state index contributed by atoms with van der Waals surface area (Å²) in [6.07, 6.45) is 8.71. The number of hydrogen-bond acceptors (Lipinski definition) is 4. The highest BCUT2D eigenvalue weighted by molar-refractivity contribution is 5.25. The number of ether oxygens (including phenoxy) is 3. The van der Waals surface area contributed by atoms with Crippen molar-refractivity contribution < 1.29 is 19.3 Å². The van der Waals surface area contributed by atoms with Crippen molar-refractivity contribution in [1.82, 2.24) is 0 Å². The molecule has 1 fully saturated rings. The number of rotatable bonds is 6. The Bertz CT molecular complexity index is 339. The van der Waals surface area contributed by atoms with Crippen LogP contribution in [0, 0.1) is 5.92 Å². The summed E-state index contributed by atoms with van der Waals surface area (Å²) in [6, 6.07) is 0. The summed E-state index contributed by atoms with van der Waals surface area (Å²) in [6.45, 7) is 1.45. The largest absolute Gasteiger partial charge is 0.497 e. The summed E-state index contributed by atoms with van der Waals surface area (Å²) in [4.78, 5) is 0. The maximum atomic E-state index is 8.73. The van der Waals surface area contributed by atoms with Crippen molar-refractivity contribution >= 4 is 0 Å². The van der Waals surface area contributed by atoms with Gasteiger partial charge < -0.3 is 19.3 Å². The molecular formula is C13H18O4. The maximum absolute atomic E-state index is 8.73. The van der Waals surface area contributed by atoms with Crippen LogP contribution in [0.3, 0.4) is 0 Å². The van der Waals surface area contributed by atoms with Crippen LogP contribution in [0.25, 0.3) is 0 Å². The van der Waals surface area contributed by atoms with Gasteiger partial charge in [-0.2, -0.15) is 0 Å². The molecule has 1 saturated heterocycles. The standard InChI is InChI=1S/C13H18O4/c1-15-13-7-10(3-2-6-14)4-5-12(13)17-9-11-8-16-11/h2-5,10-11,14H,6-9H2,1H3/b3-2+. The summed E-state index contributed by atoms with van der Waals surface area (Å²) >= 11 is 0. The van der Waals surface area contributed by atoms with E-state index in [1.807, 2.05) is 12.2 Å². The topological polar surface area (TPSA) is 51.2 Å². The van der Waals surface area contributed by atoms with Crippen molar-refractivity contribution in [1.29, 1.82) is 0 Å². The lowest BCUT2D eigenvalue weighted by molar-refractivity contribution is 0.160. The van der Waals surface area contributed by atoms with Gasteiger partial charge in [0, 0.05) is 12.3 Å². The zero-order chi connectivity index (χ0) is 12.1. The first-order valence-corrected chi connectivity index (χ1v) is 5.80. The Kier molecular flexibility index (Phi) is 4.23. The Morgan fingerprint density at radius 3 is 3.06 bits per heavy atom. The normalized spacial score (nSPS) is 27.6. The van der Waals surface area contributed by atoms with Crippen molar-refractivity contribution in [3.8, 4) is 0 Å². The predicted octanol–water partition coefficient (Wildman–Crippen LogP) is 1.38. The Hall–Kier alpha value is -1.26. The zero-order valence-electron chi connectivity index (χ0n) is 9.96. The Morgan fingerprint density at radius 2 is 2.41 bits per heavy atom. The Labute approximate surface area is 101 Å². The second-order valence-electron chi connectivity index (χ2n) is 4.10. The summed E-state index contributed by atoms with van der Waals surface area (Å²) < 4.78 is 16.1. The molecule has 94 valence electrons. The minimum absolute atomic E-state index is 0.0682. The molecule has 0 amide bonds. The Balaban J connectivity index is 1.92. The van der Waals surface area contributed by atoms with Gasteiger partial charge in [0.2, 0.25) is 0 Å². The molecule has 0 aromatic heterocycles. The molecule has 0 saturated carbocycles. The second kappa shape index (κ2) is 5.89. The van der Waals surface area contributed by atoms with Crippen molar-refractivity contribution in [2.45, 2.75) is 12.5 Å². The van der Waals surface area contributed by atoms with Crippen LogP contribution >= 0.6 is 0 Å². The molecule has 0 aromatic rings. The summed E-state index contributed by atoms with van der Waals surface area (Å²) in [5.74, 6) is 1.90. The van der Waals surface area contributed by atoms with E-state index in [0.29, 0.717) is 6.61 Å². The van der Waals surface area contributed by atoms with E-state index in [2.05, 4.69) is 6.08 Å². The van der Waals surface area contributed by atoms with E-state index in [1.54, 1.807) is 13.2 Å². The molecule has 4 heteroatoms. The van der Waals surface area contributed by atoms with E-state index in [9.17, 15) is 0 Å². The quantitative estimate of drug-likeness (QED) is 0.561. The number of aliphatic hydroxyl groups excluding tert-OH is 1. The van der Waals surface area contributed by atoms with Gasteiger partial charge in [-0.1, -0.05) is 18.2 Å². The number of aliphatic hydroxyl groups is 1. The third-order valence-electron chi connectivity index (χ3n) is 2.75. The molecule has 0 aromatic carbocycles. The lowest BCUT2D eigenvalue weighted by atomic mass is 9.98. The summed E-state index contributed by atoms with van der Waals surface area (Å²) in [5.41, 5.74) is 0. The molecule has 0 radical (unpaired) electrons. The number of hydrogen-bond donors (Lipinski definition) is 1. The van der Waals surface area contributed by atoms with E-state index in [-0.39, 0.29) is 18.6 Å². The fourth-order valence-electron chi connectivity index (χ4n) is 1.71. The molecular weight excluding hydrogens is 220 g/mol. The molecule has 1 heterocycles. The third kappa shape index (κ3) is 3.61. The van der Waals surface area contributed by atoms with E-state index < -0.39 is 0 Å². The molecule has 2 atom stereocenters. The average molecular weight is 238 g/mol. The fraction of sp³-hybridized carbons (Fsp3) is 0.538. The number of epoxide rings is 1. The van der Waals surface area contributed by atoms with Crippen LogP contribution < -0.4 is 0 Å². The molecule has 17 heavy (non-hydrogen) atoms. The molecule has 0 bridgehead atoms.